The number of rotatable bonds is 3. The van der Waals surface area contributed by atoms with Crippen LogP contribution in [0.2, 0.25) is 5.02 Å². The first kappa shape index (κ1) is 13.5. The maximum absolute atomic E-state index is 6.16. The van der Waals surface area contributed by atoms with E-state index < -0.39 is 0 Å². The summed E-state index contributed by atoms with van der Waals surface area (Å²) in [6.45, 7) is 0. The molecule has 0 bridgehead atoms. The van der Waals surface area contributed by atoms with E-state index >= 15 is 0 Å². The second kappa shape index (κ2) is 5.82. The molecule has 3 nitrogen and oxygen atoms in total. The van der Waals surface area contributed by atoms with Crippen LogP contribution in [-0.2, 0) is 0 Å². The molecule has 0 saturated carbocycles. The van der Waals surface area contributed by atoms with Gasteiger partial charge in [-0.3, -0.25) is 0 Å². The van der Waals surface area contributed by atoms with Crippen molar-refractivity contribution in [3.05, 3.63) is 33.8 Å². The molecule has 1 aromatic carbocycles. The number of nitrogens with zero attached hydrogens (tertiary/aromatic N) is 3. The van der Waals surface area contributed by atoms with Crippen LogP contribution in [0.3, 0.4) is 0 Å². The van der Waals surface area contributed by atoms with Crippen molar-refractivity contribution in [3.8, 4) is 11.3 Å². The summed E-state index contributed by atoms with van der Waals surface area (Å²) in [6, 6.07) is 7.64. The third kappa shape index (κ3) is 2.91. The smallest absolute Gasteiger partial charge is 0.152 e. The molecule has 2 aromatic rings. The third-order valence-corrected chi connectivity index (χ3v) is 4.25. The van der Waals surface area contributed by atoms with Gasteiger partial charge < -0.3 is 4.90 Å². The maximum atomic E-state index is 6.16. The lowest BCUT2D eigenvalue weighted by atomic mass is 10.1. The average Bonchev–Trinajstić information content (AvgIpc) is 2.69. The van der Waals surface area contributed by atoms with E-state index in [4.69, 9.17) is 11.6 Å². The molecule has 0 saturated heterocycles. The van der Waals surface area contributed by atoms with Crippen LogP contribution in [0.25, 0.3) is 11.3 Å². The second-order valence-electron chi connectivity index (χ2n) is 3.84. The van der Waals surface area contributed by atoms with Gasteiger partial charge in [0.05, 0.1) is 15.8 Å². The highest BCUT2D eigenvalue weighted by molar-refractivity contribution is 9.10. The minimum absolute atomic E-state index is 0.687. The zero-order valence-electron chi connectivity index (χ0n) is 9.89. The predicted molar refractivity (Wildman–Crippen MR) is 82.1 cm³/mol. The van der Waals surface area contributed by atoms with Crippen molar-refractivity contribution < 1.29 is 0 Å². The van der Waals surface area contributed by atoms with E-state index in [-0.39, 0.29) is 0 Å². The van der Waals surface area contributed by atoms with E-state index in [1.165, 1.54) is 11.5 Å². The summed E-state index contributed by atoms with van der Waals surface area (Å²) < 4.78 is 5.28. The van der Waals surface area contributed by atoms with E-state index in [1.807, 2.05) is 43.3 Å². The summed E-state index contributed by atoms with van der Waals surface area (Å²) in [6.07, 6.45) is 1.74. The summed E-state index contributed by atoms with van der Waals surface area (Å²) in [5, 5.41) is 1.52. The van der Waals surface area contributed by atoms with Gasteiger partial charge in [-0.15, -0.1) is 0 Å². The van der Waals surface area contributed by atoms with Gasteiger partial charge in [0.2, 0.25) is 0 Å². The molecule has 0 spiro atoms. The first-order valence-corrected chi connectivity index (χ1v) is 7.14. The van der Waals surface area contributed by atoms with Crippen LogP contribution in [0.15, 0.2) is 33.7 Å². The van der Waals surface area contributed by atoms with Crippen molar-refractivity contribution in [2.45, 2.75) is 0 Å². The van der Waals surface area contributed by atoms with Crippen LogP contribution in [0.4, 0.5) is 5.00 Å². The lowest BCUT2D eigenvalue weighted by Gasteiger charge is -2.02. The fourth-order valence-corrected chi connectivity index (χ4v) is 2.94. The normalized spacial score (nSPS) is 11.1. The summed E-state index contributed by atoms with van der Waals surface area (Å²) in [5.74, 6) is 0. The van der Waals surface area contributed by atoms with Crippen molar-refractivity contribution in [1.29, 1.82) is 0 Å². The molecule has 0 atom stereocenters. The number of halogens is 2. The SMILES string of the molecule is CN(C)/C=N/c1snc(-c2ccccc2Cl)c1Br. The van der Waals surface area contributed by atoms with Gasteiger partial charge in [0, 0.05) is 19.7 Å². The molecule has 0 fully saturated rings. The van der Waals surface area contributed by atoms with Crippen molar-refractivity contribution in [2.75, 3.05) is 14.1 Å². The largest absolute Gasteiger partial charge is 0.369 e. The Morgan fingerprint density at radius 3 is 2.78 bits per heavy atom. The molecule has 2 rings (SSSR count). The van der Waals surface area contributed by atoms with Crippen molar-refractivity contribution in [3.63, 3.8) is 0 Å². The molecule has 0 aliphatic heterocycles. The Morgan fingerprint density at radius 1 is 1.39 bits per heavy atom. The number of benzene rings is 1. The second-order valence-corrected chi connectivity index (χ2v) is 5.79. The third-order valence-electron chi connectivity index (χ3n) is 2.15. The first-order chi connectivity index (χ1) is 8.59. The zero-order valence-corrected chi connectivity index (χ0v) is 13.1. The highest BCUT2D eigenvalue weighted by atomic mass is 79.9. The topological polar surface area (TPSA) is 28.5 Å². The molecule has 94 valence electrons. The van der Waals surface area contributed by atoms with Gasteiger partial charge >= 0.3 is 0 Å². The van der Waals surface area contributed by atoms with Crippen LogP contribution in [0, 0.1) is 0 Å². The minimum atomic E-state index is 0.687. The van der Waals surface area contributed by atoms with E-state index in [1.54, 1.807) is 6.34 Å². The van der Waals surface area contributed by atoms with Crippen LogP contribution in [-0.4, -0.2) is 29.7 Å². The van der Waals surface area contributed by atoms with Gasteiger partial charge in [0.25, 0.3) is 0 Å². The Hall–Kier alpha value is -0.910. The molecule has 6 heteroatoms. The molecule has 1 aromatic heterocycles. The summed E-state index contributed by atoms with van der Waals surface area (Å²) >= 11 is 11.0. The summed E-state index contributed by atoms with van der Waals surface area (Å²) in [7, 11) is 3.85. The van der Waals surface area contributed by atoms with Crippen LogP contribution in [0.5, 0.6) is 0 Å². The number of aromatic nitrogens is 1. The molecule has 18 heavy (non-hydrogen) atoms. The fourth-order valence-electron chi connectivity index (χ4n) is 1.34. The quantitative estimate of drug-likeness (QED) is 0.608. The van der Waals surface area contributed by atoms with Gasteiger partial charge in [-0.2, -0.15) is 4.37 Å². The predicted octanol–water partition coefficient (Wildman–Crippen LogP) is 4.45. The van der Waals surface area contributed by atoms with Gasteiger partial charge in [-0.1, -0.05) is 29.8 Å². The van der Waals surface area contributed by atoms with Gasteiger partial charge in [-0.25, -0.2) is 4.99 Å². The van der Waals surface area contributed by atoms with E-state index in [9.17, 15) is 0 Å². The molecule has 0 amide bonds. The molecule has 1 heterocycles. The van der Waals surface area contributed by atoms with Crippen molar-refractivity contribution in [1.82, 2.24) is 9.27 Å². The van der Waals surface area contributed by atoms with E-state index in [0.717, 1.165) is 20.7 Å². The Kier molecular flexibility index (Phi) is 4.37. The zero-order chi connectivity index (χ0) is 13.1. The molecular formula is C12H11BrClN3S. The van der Waals surface area contributed by atoms with Crippen LogP contribution in [0.1, 0.15) is 0 Å². The first-order valence-electron chi connectivity index (χ1n) is 5.20. The molecule has 0 aliphatic carbocycles. The molecule has 0 N–H and O–H groups in total. The fraction of sp³-hybridized carbons (Fsp3) is 0.167. The van der Waals surface area contributed by atoms with Crippen molar-refractivity contribution in [2.24, 2.45) is 4.99 Å². The Balaban J connectivity index is 2.40. The number of hydrogen-bond acceptors (Lipinski definition) is 3. The van der Waals surface area contributed by atoms with Crippen LogP contribution < -0.4 is 0 Å². The van der Waals surface area contributed by atoms with E-state index in [2.05, 4.69) is 25.3 Å². The van der Waals surface area contributed by atoms with Gasteiger partial charge in [0.15, 0.2) is 5.00 Å². The standard InChI is InChI=1S/C12H11BrClN3S/c1-17(2)7-15-12-10(13)11(16-18-12)8-5-3-4-6-9(8)14/h3-7H,1-2H3/b15-7+. The highest BCUT2D eigenvalue weighted by Crippen LogP contribution is 2.40. The van der Waals surface area contributed by atoms with Crippen LogP contribution >= 0.6 is 39.1 Å². The lowest BCUT2D eigenvalue weighted by molar-refractivity contribution is 0.643. The number of aliphatic imine (C=N–C) groups is 1. The number of hydrogen-bond donors (Lipinski definition) is 0. The van der Waals surface area contributed by atoms with Gasteiger partial charge in [0.1, 0.15) is 5.69 Å². The highest BCUT2D eigenvalue weighted by Gasteiger charge is 2.14. The lowest BCUT2D eigenvalue weighted by Crippen LogP contribution is -2.06. The van der Waals surface area contributed by atoms with Gasteiger partial charge in [-0.05, 0) is 33.5 Å². The average molecular weight is 345 g/mol. The minimum Gasteiger partial charge on any atom is -0.369 e. The van der Waals surface area contributed by atoms with E-state index in [0.29, 0.717) is 5.02 Å². The van der Waals surface area contributed by atoms with Crippen molar-refractivity contribution >= 4 is 50.4 Å². The maximum Gasteiger partial charge on any atom is 0.152 e. The Bertz CT molecular complexity index is 580. The summed E-state index contributed by atoms with van der Waals surface area (Å²) in [4.78, 5) is 6.22. The monoisotopic (exact) mass is 343 g/mol. The molecule has 0 radical (unpaired) electrons. The molecule has 0 aliphatic rings. The molecular weight excluding hydrogens is 334 g/mol. The molecule has 0 unspecified atom stereocenters. The Morgan fingerprint density at radius 2 is 2.11 bits per heavy atom. The summed E-state index contributed by atoms with van der Waals surface area (Å²) in [5.41, 5.74) is 1.74. The Labute approximate surface area is 123 Å².